The molecule has 0 bridgehead atoms. The molecule has 0 fully saturated rings. The second-order valence-electron chi connectivity index (χ2n) is 9.24. The lowest BCUT2D eigenvalue weighted by molar-refractivity contribution is -0.119. The van der Waals surface area contributed by atoms with Gasteiger partial charge in [0.05, 0.1) is 12.2 Å². The highest BCUT2D eigenvalue weighted by atomic mass is 16.4. The van der Waals surface area contributed by atoms with E-state index in [1.807, 2.05) is 52.8 Å². The zero-order chi connectivity index (χ0) is 26.6. The van der Waals surface area contributed by atoms with Gasteiger partial charge < -0.3 is 15.5 Å². The molecule has 1 aromatic heterocycles. The maximum absolute atomic E-state index is 12.6. The standard InChI is InChI=1S/C27H34N2O4.C2H6/c1-6-8-10-12-18(11-9-7-2)19-13-14-21-22(15-19)33-26(32)23(24(21)28)25(31)29-17-20(30)16-27(3,4)5;1-2/h7,9,11-15H,2,6,8,10,16-17,28H2,1,3-5H3,(H,29,31);1-2H3/b11-9-,18-12+;. The van der Waals surface area contributed by atoms with Gasteiger partial charge in [0.25, 0.3) is 5.91 Å². The van der Waals surface area contributed by atoms with Gasteiger partial charge in [0, 0.05) is 11.8 Å². The quantitative estimate of drug-likeness (QED) is 0.231. The highest BCUT2D eigenvalue weighted by molar-refractivity contribution is 6.06. The number of nitrogens with two attached hydrogens (primary N) is 1. The van der Waals surface area contributed by atoms with Gasteiger partial charge in [-0.05, 0) is 35.1 Å². The van der Waals surface area contributed by atoms with E-state index in [-0.39, 0.29) is 29.0 Å². The van der Waals surface area contributed by atoms with E-state index >= 15 is 0 Å². The second kappa shape index (κ2) is 14.1. The Morgan fingerprint density at radius 1 is 1.20 bits per heavy atom. The Morgan fingerprint density at radius 2 is 1.89 bits per heavy atom. The molecule has 0 aliphatic heterocycles. The molecule has 190 valence electrons. The minimum Gasteiger partial charge on any atom is -0.422 e. The van der Waals surface area contributed by atoms with Crippen LogP contribution in [-0.4, -0.2) is 18.2 Å². The normalized spacial score (nSPS) is 11.8. The molecule has 0 spiro atoms. The molecule has 2 rings (SSSR count). The van der Waals surface area contributed by atoms with Gasteiger partial charge in [0.1, 0.15) is 11.1 Å². The van der Waals surface area contributed by atoms with Crippen molar-refractivity contribution in [3.05, 3.63) is 70.6 Å². The molecule has 1 aromatic carbocycles. The fourth-order valence-electron chi connectivity index (χ4n) is 3.46. The molecule has 0 unspecified atom stereocenters. The van der Waals surface area contributed by atoms with E-state index < -0.39 is 11.5 Å². The fraction of sp³-hybridized carbons (Fsp3) is 0.414. The summed E-state index contributed by atoms with van der Waals surface area (Å²) in [5.74, 6) is -0.845. The molecular formula is C29H40N2O4. The highest BCUT2D eigenvalue weighted by Gasteiger charge is 2.22. The minimum absolute atomic E-state index is 0.0340. The number of nitrogen functional groups attached to an aromatic ring is 1. The van der Waals surface area contributed by atoms with Gasteiger partial charge >= 0.3 is 5.63 Å². The maximum Gasteiger partial charge on any atom is 0.351 e. The minimum atomic E-state index is -0.837. The topological polar surface area (TPSA) is 102 Å². The van der Waals surface area contributed by atoms with Crippen LogP contribution < -0.4 is 16.7 Å². The van der Waals surface area contributed by atoms with E-state index in [4.69, 9.17) is 10.2 Å². The van der Waals surface area contributed by atoms with Crippen LogP contribution in [0.2, 0.25) is 0 Å². The van der Waals surface area contributed by atoms with Crippen molar-refractivity contribution in [1.82, 2.24) is 5.32 Å². The number of allylic oxidation sites excluding steroid dienone is 5. The number of anilines is 1. The highest BCUT2D eigenvalue weighted by Crippen LogP contribution is 2.27. The SMILES string of the molecule is C=C/C=C\C(=C/CCCC)c1ccc2c(N)c(C(=O)NCC(=O)CC(C)(C)C)c(=O)oc2c1.CC. The molecule has 6 nitrogen and oxygen atoms in total. The van der Waals surface area contributed by atoms with Crippen molar-refractivity contribution in [2.45, 2.75) is 67.2 Å². The van der Waals surface area contributed by atoms with Crippen molar-refractivity contribution in [1.29, 1.82) is 0 Å². The Balaban J connectivity index is 0.00000298. The number of carbonyl (C=O) groups is 2. The average molecular weight is 481 g/mol. The van der Waals surface area contributed by atoms with Gasteiger partial charge in [0.15, 0.2) is 5.78 Å². The van der Waals surface area contributed by atoms with Crippen LogP contribution in [0.1, 0.15) is 83.1 Å². The Morgan fingerprint density at radius 3 is 2.49 bits per heavy atom. The molecule has 6 heteroatoms. The molecule has 0 aliphatic carbocycles. The van der Waals surface area contributed by atoms with Crippen LogP contribution >= 0.6 is 0 Å². The fourth-order valence-corrected chi connectivity index (χ4v) is 3.46. The third kappa shape index (κ3) is 9.04. The zero-order valence-electron chi connectivity index (χ0n) is 22.0. The molecule has 0 radical (unpaired) electrons. The number of unbranched alkanes of at least 4 members (excludes halogenated alkanes) is 2. The second-order valence-corrected chi connectivity index (χ2v) is 9.24. The number of ketones is 1. The summed E-state index contributed by atoms with van der Waals surface area (Å²) in [5, 5.41) is 2.96. The zero-order valence-corrected chi connectivity index (χ0v) is 22.0. The van der Waals surface area contributed by atoms with Gasteiger partial charge in [-0.1, -0.05) is 91.3 Å². The van der Waals surface area contributed by atoms with E-state index in [1.54, 1.807) is 18.2 Å². The third-order valence-electron chi connectivity index (χ3n) is 5.02. The molecule has 0 saturated carbocycles. The smallest absolute Gasteiger partial charge is 0.351 e. The summed E-state index contributed by atoms with van der Waals surface area (Å²) < 4.78 is 5.45. The largest absolute Gasteiger partial charge is 0.422 e. The van der Waals surface area contributed by atoms with Crippen LogP contribution in [0.4, 0.5) is 5.69 Å². The van der Waals surface area contributed by atoms with Crippen molar-refractivity contribution < 1.29 is 14.0 Å². The molecule has 35 heavy (non-hydrogen) atoms. The summed E-state index contributed by atoms with van der Waals surface area (Å²) in [6.45, 7) is 15.5. The Labute approximate surface area is 209 Å². The molecule has 1 amide bonds. The first-order valence-corrected chi connectivity index (χ1v) is 12.2. The van der Waals surface area contributed by atoms with Gasteiger partial charge in [-0.15, -0.1) is 0 Å². The van der Waals surface area contributed by atoms with Crippen LogP contribution in [0.25, 0.3) is 16.5 Å². The summed E-state index contributed by atoms with van der Waals surface area (Å²) in [4.78, 5) is 37.3. The predicted octanol–water partition coefficient (Wildman–Crippen LogP) is 6.45. The number of fused-ring (bicyclic) bond motifs is 1. The van der Waals surface area contributed by atoms with Crippen LogP contribution in [0.3, 0.4) is 0 Å². The lowest BCUT2D eigenvalue weighted by Crippen LogP contribution is -2.34. The first-order chi connectivity index (χ1) is 16.6. The van der Waals surface area contributed by atoms with Crippen molar-refractivity contribution in [2.75, 3.05) is 12.3 Å². The van der Waals surface area contributed by atoms with E-state index in [2.05, 4.69) is 24.9 Å². The number of Topliss-reactive ketones (excluding diaryl/α,β-unsaturated/α-hetero) is 1. The Hall–Kier alpha value is -3.41. The van der Waals surface area contributed by atoms with Crippen LogP contribution in [0, 0.1) is 5.41 Å². The number of benzene rings is 1. The first-order valence-electron chi connectivity index (χ1n) is 12.2. The number of hydrogen-bond acceptors (Lipinski definition) is 5. The van der Waals surface area contributed by atoms with Gasteiger partial charge in [-0.25, -0.2) is 4.79 Å². The first kappa shape index (κ1) is 29.6. The van der Waals surface area contributed by atoms with E-state index in [1.165, 1.54) is 0 Å². The van der Waals surface area contributed by atoms with Crippen molar-refractivity contribution in [3.8, 4) is 0 Å². The van der Waals surface area contributed by atoms with Gasteiger partial charge in [-0.2, -0.15) is 0 Å². The number of amides is 1. The summed E-state index contributed by atoms with van der Waals surface area (Å²) in [7, 11) is 0. The summed E-state index contributed by atoms with van der Waals surface area (Å²) >= 11 is 0. The summed E-state index contributed by atoms with van der Waals surface area (Å²) in [6.07, 6.45) is 11.0. The molecule has 0 saturated heterocycles. The number of rotatable bonds is 10. The lowest BCUT2D eigenvalue weighted by atomic mass is 9.90. The average Bonchev–Trinajstić information content (AvgIpc) is 2.80. The van der Waals surface area contributed by atoms with Crippen LogP contribution in [0.5, 0.6) is 0 Å². The van der Waals surface area contributed by atoms with Gasteiger partial charge in [-0.3, -0.25) is 9.59 Å². The predicted molar refractivity (Wildman–Crippen MR) is 146 cm³/mol. The van der Waals surface area contributed by atoms with Crippen molar-refractivity contribution >= 4 is 33.9 Å². The van der Waals surface area contributed by atoms with E-state index in [0.29, 0.717) is 17.4 Å². The molecule has 0 aliphatic rings. The summed E-state index contributed by atoms with van der Waals surface area (Å²) in [5.41, 5.74) is 7.04. The van der Waals surface area contributed by atoms with Crippen LogP contribution in [-0.2, 0) is 4.79 Å². The lowest BCUT2D eigenvalue weighted by Gasteiger charge is -2.17. The maximum atomic E-state index is 12.6. The van der Waals surface area contributed by atoms with Crippen molar-refractivity contribution in [3.63, 3.8) is 0 Å². The number of carbonyl (C=O) groups excluding carboxylic acids is 2. The monoisotopic (exact) mass is 480 g/mol. The Bertz CT molecular complexity index is 1150. The molecule has 0 atom stereocenters. The van der Waals surface area contributed by atoms with E-state index in [9.17, 15) is 14.4 Å². The van der Waals surface area contributed by atoms with Crippen LogP contribution in [0.15, 0.2) is 58.3 Å². The van der Waals surface area contributed by atoms with Gasteiger partial charge in [0.2, 0.25) is 0 Å². The third-order valence-corrected chi connectivity index (χ3v) is 5.02. The molecule has 2 aromatic rings. The molecule has 1 heterocycles. The number of hydrogen-bond donors (Lipinski definition) is 2. The van der Waals surface area contributed by atoms with Crippen molar-refractivity contribution in [2.24, 2.45) is 5.41 Å². The summed E-state index contributed by atoms with van der Waals surface area (Å²) in [6, 6.07) is 5.35. The molecular weight excluding hydrogens is 440 g/mol. The molecule has 3 N–H and O–H groups in total. The van der Waals surface area contributed by atoms with E-state index in [0.717, 1.165) is 30.4 Å². The number of nitrogens with one attached hydrogen (secondary N) is 1. The Kier molecular flexibility index (Phi) is 11.9.